The van der Waals surface area contributed by atoms with Crippen LogP contribution in [0.1, 0.15) is 17.8 Å². The van der Waals surface area contributed by atoms with Gasteiger partial charge in [0.2, 0.25) is 5.91 Å². The first-order valence-corrected chi connectivity index (χ1v) is 11.1. The SMILES string of the molecule is CC1=NC(=O)NC(c2ccc(-c3ccsc3)s2)C1C(=O)Nc1ccc2[nH]ncc2c1. The van der Waals surface area contributed by atoms with Gasteiger partial charge in [0.1, 0.15) is 5.92 Å². The monoisotopic (exact) mass is 435 g/mol. The highest BCUT2D eigenvalue weighted by atomic mass is 32.1. The molecular weight excluding hydrogens is 418 g/mol. The van der Waals surface area contributed by atoms with Crippen LogP contribution in [0.5, 0.6) is 0 Å². The maximum Gasteiger partial charge on any atom is 0.341 e. The lowest BCUT2D eigenvalue weighted by Crippen LogP contribution is -2.45. The zero-order valence-electron chi connectivity index (χ0n) is 15.9. The molecule has 4 aromatic rings. The summed E-state index contributed by atoms with van der Waals surface area (Å²) in [6, 6.07) is 10.7. The van der Waals surface area contributed by atoms with Crippen molar-refractivity contribution in [3.05, 3.63) is 58.2 Å². The third kappa shape index (κ3) is 3.42. The second-order valence-corrected chi connectivity index (χ2v) is 8.93. The Morgan fingerprint density at radius 1 is 1.20 bits per heavy atom. The number of aromatic amines is 1. The van der Waals surface area contributed by atoms with Gasteiger partial charge in [-0.1, -0.05) is 0 Å². The predicted octanol–water partition coefficient (Wildman–Crippen LogP) is 4.83. The van der Waals surface area contributed by atoms with Crippen molar-refractivity contribution in [1.82, 2.24) is 15.5 Å². The van der Waals surface area contributed by atoms with Crippen molar-refractivity contribution in [2.75, 3.05) is 5.32 Å². The van der Waals surface area contributed by atoms with Gasteiger partial charge >= 0.3 is 6.03 Å². The second-order valence-electron chi connectivity index (χ2n) is 7.03. The van der Waals surface area contributed by atoms with E-state index in [9.17, 15) is 9.59 Å². The van der Waals surface area contributed by atoms with Crippen molar-refractivity contribution in [3.8, 4) is 10.4 Å². The molecule has 0 saturated carbocycles. The van der Waals surface area contributed by atoms with E-state index in [-0.39, 0.29) is 5.91 Å². The van der Waals surface area contributed by atoms with Gasteiger partial charge in [-0.15, -0.1) is 11.3 Å². The van der Waals surface area contributed by atoms with Crippen LogP contribution in [0.4, 0.5) is 10.5 Å². The summed E-state index contributed by atoms with van der Waals surface area (Å²) in [7, 11) is 0. The lowest BCUT2D eigenvalue weighted by molar-refractivity contribution is -0.118. The van der Waals surface area contributed by atoms with Gasteiger partial charge in [-0.05, 0) is 54.1 Å². The minimum atomic E-state index is -0.600. The summed E-state index contributed by atoms with van der Waals surface area (Å²) in [6.07, 6.45) is 1.71. The van der Waals surface area contributed by atoms with E-state index >= 15 is 0 Å². The number of aromatic nitrogens is 2. The summed E-state index contributed by atoms with van der Waals surface area (Å²) < 4.78 is 0. The molecule has 0 saturated heterocycles. The Morgan fingerprint density at radius 2 is 2.10 bits per heavy atom. The average molecular weight is 436 g/mol. The molecule has 0 radical (unpaired) electrons. The first-order valence-electron chi connectivity index (χ1n) is 9.30. The van der Waals surface area contributed by atoms with E-state index in [1.165, 1.54) is 0 Å². The highest BCUT2D eigenvalue weighted by molar-refractivity contribution is 7.16. The molecule has 3 amide bonds. The van der Waals surface area contributed by atoms with Crippen LogP contribution in [-0.2, 0) is 4.79 Å². The van der Waals surface area contributed by atoms with Gasteiger partial charge in [-0.2, -0.15) is 16.4 Å². The number of benzene rings is 1. The number of hydrogen-bond donors (Lipinski definition) is 3. The fourth-order valence-corrected chi connectivity index (χ4v) is 5.44. The summed E-state index contributed by atoms with van der Waals surface area (Å²) in [4.78, 5) is 31.3. The maximum atomic E-state index is 13.2. The zero-order chi connectivity index (χ0) is 20.7. The number of H-pyrrole nitrogens is 1. The Morgan fingerprint density at radius 3 is 2.93 bits per heavy atom. The number of nitrogens with one attached hydrogen (secondary N) is 3. The first kappa shape index (κ1) is 18.7. The normalized spacial score (nSPS) is 18.8. The molecule has 0 bridgehead atoms. The molecule has 1 aliphatic heterocycles. The molecule has 9 heteroatoms. The third-order valence-electron chi connectivity index (χ3n) is 5.07. The van der Waals surface area contributed by atoms with Gasteiger partial charge in [0.05, 0.1) is 17.8 Å². The van der Waals surface area contributed by atoms with E-state index in [2.05, 4.69) is 37.3 Å². The third-order valence-corrected chi connectivity index (χ3v) is 6.97. The number of fused-ring (bicyclic) bond motifs is 1. The van der Waals surface area contributed by atoms with Gasteiger partial charge in [-0.3, -0.25) is 9.89 Å². The fourth-order valence-electron chi connectivity index (χ4n) is 3.62. The molecule has 3 aromatic heterocycles. The number of aliphatic imine (C=N–C) groups is 1. The highest BCUT2D eigenvalue weighted by Gasteiger charge is 2.37. The molecule has 0 fully saturated rings. The quantitative estimate of drug-likeness (QED) is 0.428. The number of rotatable bonds is 4. The van der Waals surface area contributed by atoms with Gasteiger partial charge in [0.15, 0.2) is 0 Å². The number of urea groups is 1. The smallest absolute Gasteiger partial charge is 0.327 e. The standard InChI is InChI=1S/C21H17N5O2S2/c1-11-18(20(27)24-14-2-3-15-13(8-14)9-22-26-15)19(25-21(28)23-11)17-5-4-16(30-17)12-6-7-29-10-12/h2-10,18-19H,1H3,(H,22,26)(H,24,27)(H,25,28). The van der Waals surface area contributed by atoms with E-state index in [0.29, 0.717) is 11.4 Å². The molecule has 30 heavy (non-hydrogen) atoms. The lowest BCUT2D eigenvalue weighted by atomic mass is 9.91. The number of carbonyl (C=O) groups is 2. The molecule has 150 valence electrons. The maximum absolute atomic E-state index is 13.2. The topological polar surface area (TPSA) is 99.2 Å². The van der Waals surface area contributed by atoms with Gasteiger partial charge in [0, 0.05) is 32.1 Å². The summed E-state index contributed by atoms with van der Waals surface area (Å²) in [5.41, 5.74) is 3.20. The molecule has 2 unspecified atom stereocenters. The lowest BCUT2D eigenvalue weighted by Gasteiger charge is -2.29. The number of hydrogen-bond acceptors (Lipinski definition) is 5. The van der Waals surface area contributed by atoms with Crippen LogP contribution in [0.25, 0.3) is 21.3 Å². The van der Waals surface area contributed by atoms with Crippen molar-refractivity contribution in [1.29, 1.82) is 0 Å². The van der Waals surface area contributed by atoms with Crippen LogP contribution in [0.15, 0.2) is 58.3 Å². The summed E-state index contributed by atoms with van der Waals surface area (Å²) in [5, 5.41) is 17.8. The highest BCUT2D eigenvalue weighted by Crippen LogP contribution is 2.37. The van der Waals surface area contributed by atoms with Crippen LogP contribution in [0, 0.1) is 5.92 Å². The Hall–Kier alpha value is -3.30. The van der Waals surface area contributed by atoms with Crippen LogP contribution in [-0.4, -0.2) is 27.8 Å². The Labute approximate surface area is 179 Å². The number of nitrogens with zero attached hydrogens (tertiary/aromatic N) is 2. The number of amides is 3. The van der Waals surface area contributed by atoms with E-state index < -0.39 is 18.0 Å². The molecule has 3 N–H and O–H groups in total. The van der Waals surface area contributed by atoms with E-state index in [4.69, 9.17) is 0 Å². The van der Waals surface area contributed by atoms with Crippen LogP contribution >= 0.6 is 22.7 Å². The van der Waals surface area contributed by atoms with Crippen molar-refractivity contribution < 1.29 is 9.59 Å². The van der Waals surface area contributed by atoms with Crippen molar-refractivity contribution in [2.45, 2.75) is 13.0 Å². The van der Waals surface area contributed by atoms with E-state index in [1.807, 2.05) is 35.7 Å². The largest absolute Gasteiger partial charge is 0.341 e. The Kier molecular flexibility index (Phi) is 4.68. The summed E-state index contributed by atoms with van der Waals surface area (Å²) >= 11 is 3.21. The van der Waals surface area contributed by atoms with Gasteiger partial charge < -0.3 is 10.6 Å². The molecular formula is C21H17N5O2S2. The molecule has 0 spiro atoms. The molecule has 4 heterocycles. The summed E-state index contributed by atoms with van der Waals surface area (Å²) in [5.74, 6) is -0.814. The van der Waals surface area contributed by atoms with Gasteiger partial charge in [0.25, 0.3) is 0 Å². The van der Waals surface area contributed by atoms with Crippen molar-refractivity contribution >= 4 is 56.9 Å². The molecule has 2 atom stereocenters. The first-order chi connectivity index (χ1) is 14.6. The number of anilines is 1. The Balaban J connectivity index is 1.45. The Bertz CT molecular complexity index is 1270. The second kappa shape index (κ2) is 7.51. The number of carbonyl (C=O) groups excluding carboxylic acids is 2. The minimum Gasteiger partial charge on any atom is -0.327 e. The van der Waals surface area contributed by atoms with Crippen LogP contribution in [0.3, 0.4) is 0 Å². The molecule has 1 aromatic carbocycles. The number of thiophene rings is 2. The molecule has 1 aliphatic rings. The van der Waals surface area contributed by atoms with Gasteiger partial charge in [-0.25, -0.2) is 9.79 Å². The van der Waals surface area contributed by atoms with E-state index in [1.54, 1.807) is 35.8 Å². The van der Waals surface area contributed by atoms with Crippen LogP contribution in [0.2, 0.25) is 0 Å². The van der Waals surface area contributed by atoms with E-state index in [0.717, 1.165) is 26.2 Å². The van der Waals surface area contributed by atoms with Crippen molar-refractivity contribution in [2.24, 2.45) is 10.9 Å². The zero-order valence-corrected chi connectivity index (χ0v) is 17.5. The average Bonchev–Trinajstić information content (AvgIpc) is 3.47. The van der Waals surface area contributed by atoms with Crippen molar-refractivity contribution in [3.63, 3.8) is 0 Å². The molecule has 7 nitrogen and oxygen atoms in total. The molecule has 5 rings (SSSR count). The van der Waals surface area contributed by atoms with Crippen LogP contribution < -0.4 is 10.6 Å². The minimum absolute atomic E-state index is 0.213. The summed E-state index contributed by atoms with van der Waals surface area (Å²) in [6.45, 7) is 1.72. The fraction of sp³-hybridized carbons (Fsp3) is 0.143. The predicted molar refractivity (Wildman–Crippen MR) is 120 cm³/mol. The molecule has 0 aliphatic carbocycles.